The van der Waals surface area contributed by atoms with Crippen molar-refractivity contribution < 1.29 is 0 Å². The van der Waals surface area contributed by atoms with Gasteiger partial charge in [0.2, 0.25) is 0 Å². The fourth-order valence-electron chi connectivity index (χ4n) is 1.99. The summed E-state index contributed by atoms with van der Waals surface area (Å²) in [6, 6.07) is 0.701. The second kappa shape index (κ2) is 4.80. The number of rotatable bonds is 6. The van der Waals surface area contributed by atoms with E-state index in [-0.39, 0.29) is 0 Å². The lowest BCUT2D eigenvalue weighted by Crippen LogP contribution is -2.32. The van der Waals surface area contributed by atoms with Gasteiger partial charge in [-0.05, 0) is 44.6 Å². The third-order valence-electron chi connectivity index (χ3n) is 2.91. The zero-order valence-corrected chi connectivity index (χ0v) is 9.27. The van der Waals surface area contributed by atoms with Crippen molar-refractivity contribution in [3.8, 4) is 0 Å². The van der Waals surface area contributed by atoms with Crippen LogP contribution in [-0.2, 0) is 0 Å². The molecular formula is C12H23N. The van der Waals surface area contributed by atoms with Crippen LogP contribution in [0.2, 0.25) is 0 Å². The van der Waals surface area contributed by atoms with Gasteiger partial charge in [-0.1, -0.05) is 19.4 Å². The maximum Gasteiger partial charge on any atom is 0.0135 e. The van der Waals surface area contributed by atoms with Crippen LogP contribution in [-0.4, -0.2) is 12.6 Å². The molecule has 0 bridgehead atoms. The molecule has 1 aliphatic carbocycles. The maximum absolute atomic E-state index is 4.00. The molecule has 0 heterocycles. The molecule has 76 valence electrons. The molecule has 1 N–H and O–H groups in total. The molecule has 0 aromatic carbocycles. The van der Waals surface area contributed by atoms with Gasteiger partial charge in [-0.25, -0.2) is 0 Å². The summed E-state index contributed by atoms with van der Waals surface area (Å²) in [5, 5.41) is 3.63. The van der Waals surface area contributed by atoms with E-state index in [1.54, 1.807) is 0 Å². The van der Waals surface area contributed by atoms with Gasteiger partial charge in [0.15, 0.2) is 0 Å². The minimum absolute atomic E-state index is 0.701. The highest BCUT2D eigenvalue weighted by molar-refractivity contribution is 5.00. The van der Waals surface area contributed by atoms with Crippen molar-refractivity contribution in [1.29, 1.82) is 0 Å². The first-order chi connectivity index (χ1) is 6.15. The lowest BCUT2D eigenvalue weighted by atomic mass is 10.0. The Morgan fingerprint density at radius 3 is 2.62 bits per heavy atom. The van der Waals surface area contributed by atoms with E-state index in [4.69, 9.17) is 0 Å². The maximum atomic E-state index is 4.00. The molecule has 0 spiro atoms. The molecular weight excluding hydrogens is 158 g/mol. The van der Waals surface area contributed by atoms with Crippen LogP contribution in [0.15, 0.2) is 12.2 Å². The number of hydrogen-bond acceptors (Lipinski definition) is 1. The summed E-state index contributed by atoms with van der Waals surface area (Å²) in [6.07, 6.45) is 3.80. The van der Waals surface area contributed by atoms with Crippen LogP contribution in [0, 0.1) is 11.8 Å². The first-order valence-corrected chi connectivity index (χ1v) is 5.53. The normalized spacial score (nSPS) is 28.5. The summed E-state index contributed by atoms with van der Waals surface area (Å²) < 4.78 is 0. The summed E-state index contributed by atoms with van der Waals surface area (Å²) >= 11 is 0. The molecule has 0 aromatic rings. The third kappa shape index (κ3) is 3.51. The summed E-state index contributed by atoms with van der Waals surface area (Å²) in [6.45, 7) is 11.9. The Hall–Kier alpha value is -0.300. The Bertz CT molecular complexity index is 174. The molecule has 13 heavy (non-hydrogen) atoms. The van der Waals surface area contributed by atoms with E-state index in [1.807, 2.05) is 0 Å². The van der Waals surface area contributed by atoms with Crippen LogP contribution < -0.4 is 5.32 Å². The Balaban J connectivity index is 2.30. The van der Waals surface area contributed by atoms with E-state index >= 15 is 0 Å². The summed E-state index contributed by atoms with van der Waals surface area (Å²) in [4.78, 5) is 0. The van der Waals surface area contributed by atoms with Gasteiger partial charge < -0.3 is 5.32 Å². The van der Waals surface area contributed by atoms with Gasteiger partial charge in [0, 0.05) is 6.04 Å². The average molecular weight is 181 g/mol. The van der Waals surface area contributed by atoms with Gasteiger partial charge in [0.25, 0.3) is 0 Å². The van der Waals surface area contributed by atoms with Crippen molar-refractivity contribution in [2.24, 2.45) is 11.8 Å². The largest absolute Gasteiger partial charge is 0.313 e. The van der Waals surface area contributed by atoms with Gasteiger partial charge in [-0.15, -0.1) is 6.58 Å². The van der Waals surface area contributed by atoms with Gasteiger partial charge in [-0.3, -0.25) is 0 Å². The van der Waals surface area contributed by atoms with Crippen molar-refractivity contribution in [1.82, 2.24) is 5.32 Å². The monoisotopic (exact) mass is 181 g/mol. The van der Waals surface area contributed by atoms with E-state index in [0.29, 0.717) is 6.04 Å². The van der Waals surface area contributed by atoms with Gasteiger partial charge in [0.05, 0.1) is 0 Å². The zero-order chi connectivity index (χ0) is 9.84. The van der Waals surface area contributed by atoms with E-state index < -0.39 is 0 Å². The molecule has 1 fully saturated rings. The first kappa shape index (κ1) is 10.8. The van der Waals surface area contributed by atoms with Crippen LogP contribution in [0.25, 0.3) is 0 Å². The van der Waals surface area contributed by atoms with Gasteiger partial charge in [0.1, 0.15) is 0 Å². The van der Waals surface area contributed by atoms with Crippen LogP contribution in [0.5, 0.6) is 0 Å². The highest BCUT2D eigenvalue weighted by atomic mass is 14.9. The Morgan fingerprint density at radius 1 is 1.62 bits per heavy atom. The summed E-state index contributed by atoms with van der Waals surface area (Å²) in [7, 11) is 0. The summed E-state index contributed by atoms with van der Waals surface area (Å²) in [5.74, 6) is 1.86. The number of hydrogen-bond donors (Lipinski definition) is 1. The molecule has 3 atom stereocenters. The SMILES string of the molecule is C=C(C)CC(NCCC)C1CC1C. The van der Waals surface area contributed by atoms with E-state index in [1.165, 1.54) is 18.4 Å². The standard InChI is InChI=1S/C12H23N/c1-5-6-13-12(7-9(2)3)11-8-10(11)4/h10-13H,2,5-8H2,1,3-4H3. The van der Waals surface area contributed by atoms with Gasteiger partial charge >= 0.3 is 0 Å². The molecule has 0 amide bonds. The van der Waals surface area contributed by atoms with Crippen molar-refractivity contribution in [3.05, 3.63) is 12.2 Å². The molecule has 1 aliphatic rings. The Morgan fingerprint density at radius 2 is 2.23 bits per heavy atom. The quantitative estimate of drug-likeness (QED) is 0.621. The predicted octanol–water partition coefficient (Wildman–Crippen LogP) is 2.98. The number of nitrogens with one attached hydrogen (secondary N) is 1. The smallest absolute Gasteiger partial charge is 0.0135 e. The van der Waals surface area contributed by atoms with E-state index in [9.17, 15) is 0 Å². The highest BCUT2D eigenvalue weighted by Crippen LogP contribution is 2.42. The second-order valence-corrected chi connectivity index (χ2v) is 4.60. The lowest BCUT2D eigenvalue weighted by Gasteiger charge is -2.18. The molecule has 3 unspecified atom stereocenters. The summed E-state index contributed by atoms with van der Waals surface area (Å²) in [5.41, 5.74) is 1.31. The Labute approximate surface area is 82.6 Å². The Kier molecular flexibility index (Phi) is 3.98. The van der Waals surface area contributed by atoms with Crippen molar-refractivity contribution in [3.63, 3.8) is 0 Å². The molecule has 1 nitrogen and oxygen atoms in total. The molecule has 0 saturated heterocycles. The predicted molar refractivity (Wildman–Crippen MR) is 58.8 cm³/mol. The van der Waals surface area contributed by atoms with E-state index in [2.05, 4.69) is 32.7 Å². The molecule has 1 saturated carbocycles. The zero-order valence-electron chi connectivity index (χ0n) is 9.27. The molecule has 0 aliphatic heterocycles. The van der Waals surface area contributed by atoms with E-state index in [0.717, 1.165) is 24.8 Å². The van der Waals surface area contributed by atoms with Crippen molar-refractivity contribution in [2.45, 2.75) is 46.1 Å². The second-order valence-electron chi connectivity index (χ2n) is 4.60. The van der Waals surface area contributed by atoms with Gasteiger partial charge in [-0.2, -0.15) is 0 Å². The van der Waals surface area contributed by atoms with Crippen LogP contribution >= 0.6 is 0 Å². The molecule has 1 heteroatoms. The van der Waals surface area contributed by atoms with Crippen LogP contribution in [0.4, 0.5) is 0 Å². The molecule has 0 aromatic heterocycles. The van der Waals surface area contributed by atoms with Crippen molar-refractivity contribution in [2.75, 3.05) is 6.54 Å². The average Bonchev–Trinajstić information content (AvgIpc) is 2.75. The molecule has 0 radical (unpaired) electrons. The lowest BCUT2D eigenvalue weighted by molar-refractivity contribution is 0.443. The fourth-order valence-corrected chi connectivity index (χ4v) is 1.99. The third-order valence-corrected chi connectivity index (χ3v) is 2.91. The molecule has 1 rings (SSSR count). The van der Waals surface area contributed by atoms with Crippen LogP contribution in [0.3, 0.4) is 0 Å². The first-order valence-electron chi connectivity index (χ1n) is 5.53. The fraction of sp³-hybridized carbons (Fsp3) is 0.833. The van der Waals surface area contributed by atoms with Crippen molar-refractivity contribution >= 4 is 0 Å². The minimum atomic E-state index is 0.701. The topological polar surface area (TPSA) is 12.0 Å². The highest BCUT2D eigenvalue weighted by Gasteiger charge is 2.38. The minimum Gasteiger partial charge on any atom is -0.313 e. The van der Waals surface area contributed by atoms with Crippen LogP contribution in [0.1, 0.15) is 40.0 Å².